The molecule has 0 saturated heterocycles. The number of hydrogen-bond donors (Lipinski definition) is 3. The summed E-state index contributed by atoms with van der Waals surface area (Å²) in [5, 5.41) is 12.9. The van der Waals surface area contributed by atoms with E-state index in [2.05, 4.69) is 5.32 Å². The normalized spacial score (nSPS) is 11.7. The highest BCUT2D eigenvalue weighted by Crippen LogP contribution is 2.22. The summed E-state index contributed by atoms with van der Waals surface area (Å²) < 4.78 is 0. The first kappa shape index (κ1) is 16.8. The maximum atomic E-state index is 11.8. The second kappa shape index (κ2) is 6.92. The zero-order chi connectivity index (χ0) is 15.3. The molecule has 0 aliphatic heterocycles. The van der Waals surface area contributed by atoms with Gasteiger partial charge in [-0.05, 0) is 39.1 Å². The van der Waals surface area contributed by atoms with E-state index in [1.54, 1.807) is 32.0 Å². The van der Waals surface area contributed by atoms with Gasteiger partial charge in [-0.3, -0.25) is 4.79 Å². The summed E-state index contributed by atoms with van der Waals surface area (Å²) in [4.78, 5) is 13.8. The maximum Gasteiger partial charge on any atom is 0.225 e. The number of nitrogens with one attached hydrogen (secondary N) is 1. The molecule has 0 aliphatic carbocycles. The van der Waals surface area contributed by atoms with Crippen molar-refractivity contribution in [1.29, 1.82) is 0 Å². The van der Waals surface area contributed by atoms with Crippen LogP contribution in [0.2, 0.25) is 5.02 Å². The highest BCUT2D eigenvalue weighted by atomic mass is 35.5. The Hall–Kier alpha value is -1.30. The minimum absolute atomic E-state index is 0.137. The third-order valence-corrected chi connectivity index (χ3v) is 2.90. The van der Waals surface area contributed by atoms with Gasteiger partial charge < -0.3 is 21.1 Å². The molecule has 0 aromatic heterocycles. The lowest BCUT2D eigenvalue weighted by atomic mass is 10.1. The van der Waals surface area contributed by atoms with Gasteiger partial charge in [-0.1, -0.05) is 11.6 Å². The summed E-state index contributed by atoms with van der Waals surface area (Å²) in [6.07, 6.45) is 0.318. The molecule has 1 rings (SSSR count). The lowest BCUT2D eigenvalue weighted by molar-refractivity contribution is -0.116. The van der Waals surface area contributed by atoms with E-state index in [1.165, 1.54) is 0 Å². The van der Waals surface area contributed by atoms with Crippen LogP contribution in [0.25, 0.3) is 0 Å². The van der Waals surface area contributed by atoms with Crippen molar-refractivity contribution < 1.29 is 9.90 Å². The number of halogens is 1. The maximum absolute atomic E-state index is 11.8. The van der Waals surface area contributed by atoms with Crippen LogP contribution >= 0.6 is 11.6 Å². The summed E-state index contributed by atoms with van der Waals surface area (Å²) >= 11 is 5.86. The molecule has 0 unspecified atom stereocenters. The number of carbonyl (C=O) groups excluding carboxylic acids is 1. The van der Waals surface area contributed by atoms with Gasteiger partial charge in [0.15, 0.2) is 0 Å². The third-order valence-electron chi connectivity index (χ3n) is 2.67. The van der Waals surface area contributed by atoms with Crippen molar-refractivity contribution in [2.75, 3.05) is 31.2 Å². The fraction of sp³-hybridized carbons (Fsp3) is 0.500. The van der Waals surface area contributed by atoms with Gasteiger partial charge in [0.25, 0.3) is 0 Å². The van der Waals surface area contributed by atoms with Crippen molar-refractivity contribution in [2.24, 2.45) is 0 Å². The number of anilines is 2. The molecule has 112 valence electrons. The van der Waals surface area contributed by atoms with Crippen LogP contribution in [-0.4, -0.2) is 41.7 Å². The van der Waals surface area contributed by atoms with Gasteiger partial charge >= 0.3 is 0 Å². The SMILES string of the molecule is CN(CCC(=O)Nc1cc(Cl)ccc1N)CC(C)(C)O. The first-order chi connectivity index (χ1) is 9.17. The molecule has 0 fully saturated rings. The van der Waals surface area contributed by atoms with Gasteiger partial charge in [0, 0.05) is 24.5 Å². The topological polar surface area (TPSA) is 78.6 Å². The van der Waals surface area contributed by atoms with Gasteiger partial charge in [-0.2, -0.15) is 0 Å². The molecule has 1 aromatic rings. The Morgan fingerprint density at radius 1 is 1.50 bits per heavy atom. The average Bonchev–Trinajstić information content (AvgIpc) is 2.29. The molecule has 0 saturated carbocycles. The smallest absolute Gasteiger partial charge is 0.225 e. The number of benzene rings is 1. The van der Waals surface area contributed by atoms with Crippen LogP contribution in [-0.2, 0) is 4.79 Å². The van der Waals surface area contributed by atoms with Gasteiger partial charge in [-0.25, -0.2) is 0 Å². The lowest BCUT2D eigenvalue weighted by Crippen LogP contribution is -2.37. The summed E-state index contributed by atoms with van der Waals surface area (Å²) in [6, 6.07) is 4.94. The molecule has 0 aliphatic rings. The number of hydrogen-bond acceptors (Lipinski definition) is 4. The van der Waals surface area contributed by atoms with E-state index in [1.807, 2.05) is 11.9 Å². The molecule has 20 heavy (non-hydrogen) atoms. The number of carbonyl (C=O) groups is 1. The van der Waals surface area contributed by atoms with Gasteiger partial charge in [0.1, 0.15) is 0 Å². The highest BCUT2D eigenvalue weighted by Gasteiger charge is 2.16. The Kier molecular flexibility index (Phi) is 5.80. The number of aliphatic hydroxyl groups is 1. The van der Waals surface area contributed by atoms with Gasteiger partial charge in [0.2, 0.25) is 5.91 Å². The molecule has 4 N–H and O–H groups in total. The molecule has 0 bridgehead atoms. The number of nitrogens with two attached hydrogens (primary N) is 1. The molecular formula is C14H22ClN3O2. The third kappa shape index (κ3) is 6.23. The first-order valence-electron chi connectivity index (χ1n) is 6.43. The van der Waals surface area contributed by atoms with Crippen molar-refractivity contribution in [3.63, 3.8) is 0 Å². The Labute approximate surface area is 124 Å². The second-order valence-electron chi connectivity index (χ2n) is 5.58. The van der Waals surface area contributed by atoms with E-state index < -0.39 is 5.60 Å². The summed E-state index contributed by atoms with van der Waals surface area (Å²) in [5.41, 5.74) is 5.99. The van der Waals surface area contributed by atoms with Crippen molar-refractivity contribution in [2.45, 2.75) is 25.9 Å². The van der Waals surface area contributed by atoms with Crippen molar-refractivity contribution in [3.05, 3.63) is 23.2 Å². The first-order valence-corrected chi connectivity index (χ1v) is 6.81. The summed E-state index contributed by atoms with van der Waals surface area (Å²) in [6.45, 7) is 4.52. The molecule has 0 atom stereocenters. The van der Waals surface area contributed by atoms with E-state index in [4.69, 9.17) is 17.3 Å². The van der Waals surface area contributed by atoms with Crippen LogP contribution < -0.4 is 11.1 Å². The Morgan fingerprint density at radius 3 is 2.75 bits per heavy atom. The largest absolute Gasteiger partial charge is 0.397 e. The zero-order valence-electron chi connectivity index (χ0n) is 12.1. The Morgan fingerprint density at radius 2 is 2.15 bits per heavy atom. The fourth-order valence-electron chi connectivity index (χ4n) is 1.88. The van der Waals surface area contributed by atoms with E-state index in [0.717, 1.165) is 0 Å². The van der Waals surface area contributed by atoms with E-state index in [9.17, 15) is 9.90 Å². The number of rotatable bonds is 6. The standard InChI is InChI=1S/C14H22ClN3O2/c1-14(2,20)9-18(3)7-6-13(19)17-12-8-10(15)4-5-11(12)16/h4-5,8,20H,6-7,9,16H2,1-3H3,(H,17,19). The van der Waals surface area contributed by atoms with Crippen LogP contribution in [0.3, 0.4) is 0 Å². The zero-order valence-corrected chi connectivity index (χ0v) is 12.9. The van der Waals surface area contributed by atoms with Crippen molar-refractivity contribution in [3.8, 4) is 0 Å². The molecule has 0 spiro atoms. The van der Waals surface area contributed by atoms with E-state index in [0.29, 0.717) is 35.9 Å². The molecule has 6 heteroatoms. The summed E-state index contributed by atoms with van der Waals surface area (Å²) in [5.74, 6) is -0.137. The second-order valence-corrected chi connectivity index (χ2v) is 6.02. The Balaban J connectivity index is 2.46. The van der Waals surface area contributed by atoms with Gasteiger partial charge in [0.05, 0.1) is 17.0 Å². The highest BCUT2D eigenvalue weighted by molar-refractivity contribution is 6.31. The number of amides is 1. The summed E-state index contributed by atoms with van der Waals surface area (Å²) in [7, 11) is 1.86. The van der Waals surface area contributed by atoms with E-state index in [-0.39, 0.29) is 5.91 Å². The minimum Gasteiger partial charge on any atom is -0.397 e. The number of nitrogens with zero attached hydrogens (tertiary/aromatic N) is 1. The van der Waals surface area contributed by atoms with Crippen LogP contribution in [0, 0.1) is 0 Å². The predicted molar refractivity (Wildman–Crippen MR) is 82.9 cm³/mol. The molecular weight excluding hydrogens is 278 g/mol. The minimum atomic E-state index is -0.775. The van der Waals surface area contributed by atoms with Crippen LogP contribution in [0.1, 0.15) is 20.3 Å². The van der Waals surface area contributed by atoms with E-state index >= 15 is 0 Å². The van der Waals surface area contributed by atoms with Crippen LogP contribution in [0.5, 0.6) is 0 Å². The number of nitrogen functional groups attached to an aromatic ring is 1. The van der Waals surface area contributed by atoms with Crippen molar-refractivity contribution >= 4 is 28.9 Å². The quantitative estimate of drug-likeness (QED) is 0.702. The molecule has 0 heterocycles. The Bertz CT molecular complexity index is 472. The lowest BCUT2D eigenvalue weighted by Gasteiger charge is -2.25. The molecule has 1 aromatic carbocycles. The predicted octanol–water partition coefficient (Wildman–Crippen LogP) is 1.95. The number of likely N-dealkylation sites (N-methyl/N-ethyl adjacent to an activating group) is 1. The van der Waals surface area contributed by atoms with Gasteiger partial charge in [-0.15, -0.1) is 0 Å². The molecule has 0 radical (unpaired) electrons. The van der Waals surface area contributed by atoms with Crippen LogP contribution in [0.15, 0.2) is 18.2 Å². The van der Waals surface area contributed by atoms with Crippen molar-refractivity contribution in [1.82, 2.24) is 4.90 Å². The average molecular weight is 300 g/mol. The molecule has 1 amide bonds. The monoisotopic (exact) mass is 299 g/mol. The van der Waals surface area contributed by atoms with Crippen LogP contribution in [0.4, 0.5) is 11.4 Å². The molecule has 5 nitrogen and oxygen atoms in total. The fourth-order valence-corrected chi connectivity index (χ4v) is 2.05.